The minimum absolute atomic E-state index is 0.0487. The van der Waals surface area contributed by atoms with Gasteiger partial charge in [0, 0.05) is 37.2 Å². The number of rotatable bonds is 6. The molecule has 2 N–H and O–H groups in total. The first-order valence-electron chi connectivity index (χ1n) is 8.31. The lowest BCUT2D eigenvalue weighted by atomic mass is 10.1. The number of carbonyl (C=O) groups is 1. The molecular weight excluding hydrogens is 302 g/mol. The van der Waals surface area contributed by atoms with Gasteiger partial charge in [-0.2, -0.15) is 5.10 Å². The highest BCUT2D eigenvalue weighted by Gasteiger charge is 2.14. The Hall–Kier alpha value is -2.37. The van der Waals surface area contributed by atoms with Gasteiger partial charge in [0.15, 0.2) is 0 Å². The number of urea groups is 1. The van der Waals surface area contributed by atoms with Gasteiger partial charge in [0.25, 0.3) is 0 Å². The molecule has 2 amide bonds. The summed E-state index contributed by atoms with van der Waals surface area (Å²) >= 11 is 0. The smallest absolute Gasteiger partial charge is 0.315 e. The van der Waals surface area contributed by atoms with E-state index in [1.54, 1.807) is 0 Å². The summed E-state index contributed by atoms with van der Waals surface area (Å²) in [6.45, 7) is 8.62. The van der Waals surface area contributed by atoms with Gasteiger partial charge in [0.05, 0.1) is 5.69 Å². The minimum Gasteiger partial charge on any atom is -0.338 e. The normalized spacial score (nSPS) is 12.0. The van der Waals surface area contributed by atoms with Crippen molar-refractivity contribution in [3.8, 4) is 0 Å². The van der Waals surface area contributed by atoms with E-state index < -0.39 is 0 Å². The Kier molecular flexibility index (Phi) is 5.95. The number of nitrogens with zero attached hydrogens (tertiary/aromatic N) is 3. The van der Waals surface area contributed by atoms with Crippen LogP contribution in [0.5, 0.6) is 0 Å². The lowest BCUT2D eigenvalue weighted by Gasteiger charge is -2.15. The summed E-state index contributed by atoms with van der Waals surface area (Å²) in [6, 6.07) is 3.93. The van der Waals surface area contributed by atoms with Crippen LogP contribution in [-0.2, 0) is 19.9 Å². The van der Waals surface area contributed by atoms with E-state index in [1.807, 2.05) is 50.8 Å². The number of carbonyl (C=O) groups excluding carboxylic acids is 1. The SMILES string of the molecule is Cc1ccc(CCNC(=O)NC(C)Cc2c(C)nn(C)c2C)cn1. The molecule has 6 nitrogen and oxygen atoms in total. The van der Waals surface area contributed by atoms with Gasteiger partial charge in [-0.05, 0) is 57.7 Å². The first kappa shape index (κ1) is 18.0. The van der Waals surface area contributed by atoms with Gasteiger partial charge < -0.3 is 10.6 Å². The molecule has 2 aromatic rings. The van der Waals surface area contributed by atoms with Crippen molar-refractivity contribution in [2.24, 2.45) is 7.05 Å². The van der Waals surface area contributed by atoms with Crippen molar-refractivity contribution >= 4 is 6.03 Å². The van der Waals surface area contributed by atoms with Crippen LogP contribution < -0.4 is 10.6 Å². The Morgan fingerprint density at radius 3 is 2.62 bits per heavy atom. The zero-order valence-electron chi connectivity index (χ0n) is 15.2. The van der Waals surface area contributed by atoms with Crippen LogP contribution >= 0.6 is 0 Å². The number of hydrogen-bond donors (Lipinski definition) is 2. The molecule has 0 fully saturated rings. The maximum Gasteiger partial charge on any atom is 0.315 e. The van der Waals surface area contributed by atoms with Crippen LogP contribution in [0.4, 0.5) is 4.79 Å². The van der Waals surface area contributed by atoms with Gasteiger partial charge in [-0.25, -0.2) is 4.79 Å². The topological polar surface area (TPSA) is 71.8 Å². The number of aryl methyl sites for hydroxylation is 3. The monoisotopic (exact) mass is 329 g/mol. The van der Waals surface area contributed by atoms with Gasteiger partial charge >= 0.3 is 6.03 Å². The van der Waals surface area contributed by atoms with Gasteiger partial charge in [0.2, 0.25) is 0 Å². The van der Waals surface area contributed by atoms with Crippen molar-refractivity contribution in [3.05, 3.63) is 46.5 Å². The van der Waals surface area contributed by atoms with Crippen LogP contribution in [0, 0.1) is 20.8 Å². The van der Waals surface area contributed by atoms with E-state index in [-0.39, 0.29) is 12.1 Å². The first-order chi connectivity index (χ1) is 11.4. The second kappa shape index (κ2) is 7.95. The molecule has 1 unspecified atom stereocenters. The standard InChI is InChI=1S/C18H27N5O/c1-12-6-7-16(11-20-12)8-9-19-18(24)21-13(2)10-17-14(3)22-23(5)15(17)4/h6-7,11,13H,8-10H2,1-5H3,(H2,19,21,24). The van der Waals surface area contributed by atoms with Crippen LogP contribution in [0.25, 0.3) is 0 Å². The summed E-state index contributed by atoms with van der Waals surface area (Å²) in [5.74, 6) is 0. The molecule has 130 valence electrons. The molecule has 0 aliphatic heterocycles. The van der Waals surface area contributed by atoms with Crippen molar-refractivity contribution in [2.75, 3.05) is 6.54 Å². The molecule has 2 rings (SSSR count). The molecule has 0 aliphatic carbocycles. The summed E-state index contributed by atoms with van der Waals surface area (Å²) in [4.78, 5) is 16.3. The van der Waals surface area contributed by atoms with Crippen LogP contribution in [-0.4, -0.2) is 33.4 Å². The predicted octanol–water partition coefficient (Wildman–Crippen LogP) is 2.21. The van der Waals surface area contributed by atoms with E-state index in [0.717, 1.165) is 35.5 Å². The second-order valence-electron chi connectivity index (χ2n) is 6.34. The molecule has 2 aromatic heterocycles. The molecule has 0 aliphatic rings. The molecule has 0 spiro atoms. The molecule has 0 bridgehead atoms. The fourth-order valence-electron chi connectivity index (χ4n) is 2.71. The van der Waals surface area contributed by atoms with Crippen molar-refractivity contribution in [1.82, 2.24) is 25.4 Å². The molecule has 6 heteroatoms. The van der Waals surface area contributed by atoms with E-state index in [4.69, 9.17) is 0 Å². The fraction of sp³-hybridized carbons (Fsp3) is 0.500. The van der Waals surface area contributed by atoms with E-state index in [0.29, 0.717) is 6.54 Å². The molecule has 0 aromatic carbocycles. The third kappa shape index (κ3) is 4.81. The fourth-order valence-corrected chi connectivity index (χ4v) is 2.71. The molecule has 0 saturated carbocycles. The maximum atomic E-state index is 12.0. The quantitative estimate of drug-likeness (QED) is 0.853. The highest BCUT2D eigenvalue weighted by molar-refractivity contribution is 5.74. The highest BCUT2D eigenvalue weighted by Crippen LogP contribution is 2.14. The average molecular weight is 329 g/mol. The van der Waals surface area contributed by atoms with Crippen molar-refractivity contribution < 1.29 is 4.79 Å². The molecule has 24 heavy (non-hydrogen) atoms. The Labute approximate surface area is 143 Å². The largest absolute Gasteiger partial charge is 0.338 e. The minimum atomic E-state index is -0.137. The number of aromatic nitrogens is 3. The zero-order valence-corrected chi connectivity index (χ0v) is 15.2. The summed E-state index contributed by atoms with van der Waals surface area (Å²) in [5, 5.41) is 10.3. The van der Waals surface area contributed by atoms with Gasteiger partial charge in [0.1, 0.15) is 0 Å². The molecule has 2 heterocycles. The molecule has 1 atom stereocenters. The summed E-state index contributed by atoms with van der Waals surface area (Å²) in [5.41, 5.74) is 5.50. The Morgan fingerprint density at radius 2 is 2.04 bits per heavy atom. The summed E-state index contributed by atoms with van der Waals surface area (Å²) < 4.78 is 1.88. The third-order valence-electron chi connectivity index (χ3n) is 4.22. The Balaban J connectivity index is 1.76. The van der Waals surface area contributed by atoms with Crippen LogP contribution in [0.15, 0.2) is 18.3 Å². The van der Waals surface area contributed by atoms with Crippen LogP contribution in [0.3, 0.4) is 0 Å². The van der Waals surface area contributed by atoms with Gasteiger partial charge in [-0.3, -0.25) is 9.67 Å². The molecule has 0 radical (unpaired) electrons. The lowest BCUT2D eigenvalue weighted by molar-refractivity contribution is 0.238. The van der Waals surface area contributed by atoms with E-state index >= 15 is 0 Å². The lowest BCUT2D eigenvalue weighted by Crippen LogP contribution is -2.42. The van der Waals surface area contributed by atoms with Crippen molar-refractivity contribution in [1.29, 1.82) is 0 Å². The van der Waals surface area contributed by atoms with Crippen molar-refractivity contribution in [3.63, 3.8) is 0 Å². The van der Waals surface area contributed by atoms with Gasteiger partial charge in [-0.1, -0.05) is 6.07 Å². The Morgan fingerprint density at radius 1 is 1.29 bits per heavy atom. The predicted molar refractivity (Wildman–Crippen MR) is 95.1 cm³/mol. The maximum absolute atomic E-state index is 12.0. The number of hydrogen-bond acceptors (Lipinski definition) is 3. The first-order valence-corrected chi connectivity index (χ1v) is 8.31. The van der Waals surface area contributed by atoms with E-state index in [2.05, 4.69) is 27.6 Å². The van der Waals surface area contributed by atoms with E-state index in [1.165, 1.54) is 5.56 Å². The third-order valence-corrected chi connectivity index (χ3v) is 4.22. The zero-order chi connectivity index (χ0) is 17.7. The number of pyridine rings is 1. The summed E-state index contributed by atoms with van der Waals surface area (Å²) in [6.07, 6.45) is 3.40. The van der Waals surface area contributed by atoms with E-state index in [9.17, 15) is 4.79 Å². The molecule has 0 saturated heterocycles. The summed E-state index contributed by atoms with van der Waals surface area (Å²) in [7, 11) is 1.94. The van der Waals surface area contributed by atoms with Gasteiger partial charge in [-0.15, -0.1) is 0 Å². The Bertz CT molecular complexity index is 690. The average Bonchev–Trinajstić information content (AvgIpc) is 2.75. The second-order valence-corrected chi connectivity index (χ2v) is 6.34. The van der Waals surface area contributed by atoms with Crippen molar-refractivity contribution in [2.45, 2.75) is 46.6 Å². The van der Waals surface area contributed by atoms with Crippen LogP contribution in [0.1, 0.15) is 35.1 Å². The van der Waals surface area contributed by atoms with Crippen LogP contribution in [0.2, 0.25) is 0 Å². The number of amides is 2. The molecular formula is C18H27N5O. The highest BCUT2D eigenvalue weighted by atomic mass is 16.2. The number of nitrogens with one attached hydrogen (secondary N) is 2.